The molecule has 0 saturated carbocycles. The van der Waals surface area contributed by atoms with Crippen molar-refractivity contribution < 1.29 is 23.8 Å². The first-order chi connectivity index (χ1) is 16.2. The number of unbranched alkanes of at least 4 members (excludes halogenated alkanes) is 3. The molecule has 10 heteroatoms. The highest BCUT2D eigenvalue weighted by Gasteiger charge is 2.03. The van der Waals surface area contributed by atoms with Crippen molar-refractivity contribution in [1.29, 1.82) is 0 Å². The van der Waals surface area contributed by atoms with Crippen molar-refractivity contribution in [3.05, 3.63) is 72.3 Å². The summed E-state index contributed by atoms with van der Waals surface area (Å²) in [5.74, 6) is 0. The molecule has 0 unspecified atom stereocenters. The molecule has 34 heavy (non-hydrogen) atoms. The van der Waals surface area contributed by atoms with Crippen LogP contribution in [-0.4, -0.2) is 23.9 Å². The van der Waals surface area contributed by atoms with E-state index in [9.17, 15) is 0 Å². The molecule has 0 aliphatic heterocycles. The molecule has 0 atom stereocenters. The first-order valence-electron chi connectivity index (χ1n) is 11.7. The molecule has 2 N–H and O–H groups in total. The number of aromatic nitrogens is 4. The molecule has 0 spiro atoms. The first-order valence-corrected chi connectivity index (χ1v) is 13.6. The van der Waals surface area contributed by atoms with Gasteiger partial charge in [-0.05, 0) is 49.8 Å². The number of hydrogen-bond donors (Lipinski definition) is 2. The fourth-order valence-corrected chi connectivity index (χ4v) is 3.20. The number of benzene rings is 1. The quantitative estimate of drug-likeness (QED) is 0.225. The Morgan fingerprint density at radius 1 is 1.00 bits per heavy atom. The van der Waals surface area contributed by atoms with Crippen LogP contribution in [0, 0.1) is 0 Å². The number of rotatable bonds is 11. The Balaban J connectivity index is 0.000000340. The lowest BCUT2D eigenvalue weighted by molar-refractivity contribution is -0.696. The fourth-order valence-electron chi connectivity index (χ4n) is 3.08. The molecule has 0 aliphatic carbocycles. The van der Waals surface area contributed by atoms with Crippen molar-refractivity contribution in [3.63, 3.8) is 0 Å². The van der Waals surface area contributed by atoms with Gasteiger partial charge in [0.15, 0.2) is 0 Å². The second kappa shape index (κ2) is 17.5. The number of halogens is 1. The number of phosphoric acid groups is 1. The molecule has 2 aromatic heterocycles. The van der Waals surface area contributed by atoms with Crippen LogP contribution in [-0.2, 0) is 30.6 Å². The molecule has 2 heterocycles. The molecule has 8 nitrogen and oxygen atoms in total. The molecule has 0 aliphatic rings. The predicted octanol–water partition coefficient (Wildman–Crippen LogP) is 4.37. The third-order valence-corrected chi connectivity index (χ3v) is 5.14. The van der Waals surface area contributed by atoms with Crippen molar-refractivity contribution >= 4 is 19.4 Å². The Morgan fingerprint density at radius 3 is 2.18 bits per heavy atom. The SMILES string of the molecule is CCCCn1cc[n+](CCCCc2ccc(Cl)cc2)c1.CCCCn1ccnc1.O=P([O-])(O)O. The topological polar surface area (TPSA) is 107 Å². The summed E-state index contributed by atoms with van der Waals surface area (Å²) in [4.78, 5) is 26.9. The number of hydrogen-bond acceptors (Lipinski definition) is 3. The largest absolute Gasteiger partial charge is 0.756 e. The molecular weight excluding hydrogens is 475 g/mol. The van der Waals surface area contributed by atoms with Gasteiger partial charge in [0, 0.05) is 24.0 Å². The van der Waals surface area contributed by atoms with Gasteiger partial charge in [-0.1, -0.05) is 50.4 Å². The summed E-state index contributed by atoms with van der Waals surface area (Å²) >= 11 is 5.89. The maximum atomic E-state index is 8.77. The van der Waals surface area contributed by atoms with E-state index in [4.69, 9.17) is 30.8 Å². The zero-order chi connectivity index (χ0) is 25.2. The smallest absolute Gasteiger partial charge is 0.262 e. The normalized spacial score (nSPS) is 10.8. The molecule has 3 rings (SSSR count). The van der Waals surface area contributed by atoms with Gasteiger partial charge in [-0.15, -0.1) is 0 Å². The zero-order valence-corrected chi connectivity index (χ0v) is 21.8. The molecule has 0 saturated heterocycles. The van der Waals surface area contributed by atoms with Crippen LogP contribution in [0.2, 0.25) is 5.02 Å². The van der Waals surface area contributed by atoms with Gasteiger partial charge in [-0.3, -0.25) is 4.57 Å². The molecule has 190 valence electrons. The Bertz CT molecular complexity index is 919. The van der Waals surface area contributed by atoms with Crippen LogP contribution in [0.25, 0.3) is 0 Å². The lowest BCUT2D eigenvalue weighted by Gasteiger charge is -2.01. The molecule has 0 amide bonds. The van der Waals surface area contributed by atoms with Gasteiger partial charge in [0.25, 0.3) is 7.82 Å². The minimum Gasteiger partial charge on any atom is -0.756 e. The molecule has 1 aromatic carbocycles. The summed E-state index contributed by atoms with van der Waals surface area (Å²) in [5.41, 5.74) is 1.37. The monoisotopic (exact) mass is 512 g/mol. The van der Waals surface area contributed by atoms with Crippen LogP contribution in [0.5, 0.6) is 0 Å². The molecule has 0 fully saturated rings. The van der Waals surface area contributed by atoms with E-state index in [0.717, 1.165) is 31.1 Å². The van der Waals surface area contributed by atoms with E-state index in [-0.39, 0.29) is 0 Å². The van der Waals surface area contributed by atoms with Gasteiger partial charge < -0.3 is 19.2 Å². The summed E-state index contributed by atoms with van der Waals surface area (Å²) in [6, 6.07) is 8.19. The number of nitrogens with zero attached hydrogens (tertiary/aromatic N) is 4. The molecular formula is C24H38ClN4O4P. The average Bonchev–Trinajstić information content (AvgIpc) is 3.46. The maximum absolute atomic E-state index is 8.77. The van der Waals surface area contributed by atoms with Crippen LogP contribution in [0.15, 0.2) is 61.7 Å². The second-order valence-electron chi connectivity index (χ2n) is 7.97. The summed E-state index contributed by atoms with van der Waals surface area (Å²) in [6.07, 6.45) is 20.8. The van der Waals surface area contributed by atoms with Gasteiger partial charge in [0.05, 0.1) is 19.4 Å². The highest BCUT2D eigenvalue weighted by Crippen LogP contribution is 2.19. The minimum atomic E-state index is -4.89. The predicted molar refractivity (Wildman–Crippen MR) is 133 cm³/mol. The standard InChI is InChI=1S/C17H24ClN2.C7H12N2.H3O4P/c1-2-3-11-19-13-14-20(15-19)12-5-4-6-16-7-9-17(18)10-8-16;1-2-3-5-9-6-4-8-7-9;1-5(2,3)4/h7-10,13-15H,2-6,11-12H2,1H3;4,6-7H,2-3,5H2,1H3;(H3,1,2,3,4)/q+1;;/p-1. The van der Waals surface area contributed by atoms with E-state index in [1.165, 1.54) is 44.1 Å². The summed E-state index contributed by atoms with van der Waals surface area (Å²) < 4.78 is 15.4. The van der Waals surface area contributed by atoms with Gasteiger partial charge in [0.2, 0.25) is 6.33 Å². The van der Waals surface area contributed by atoms with Crippen LogP contribution in [0.3, 0.4) is 0 Å². The van der Waals surface area contributed by atoms with E-state index >= 15 is 0 Å². The summed E-state index contributed by atoms with van der Waals surface area (Å²) in [7, 11) is -4.89. The highest BCUT2D eigenvalue weighted by molar-refractivity contribution is 7.43. The van der Waals surface area contributed by atoms with Crippen LogP contribution in [0.1, 0.15) is 57.9 Å². The number of aryl methyl sites for hydroxylation is 4. The van der Waals surface area contributed by atoms with Crippen molar-refractivity contribution in [1.82, 2.24) is 14.1 Å². The van der Waals surface area contributed by atoms with Crippen LogP contribution >= 0.6 is 19.4 Å². The van der Waals surface area contributed by atoms with Gasteiger partial charge >= 0.3 is 0 Å². The molecule has 0 bridgehead atoms. The first kappa shape index (κ1) is 30.1. The van der Waals surface area contributed by atoms with E-state index in [2.05, 4.69) is 63.4 Å². The van der Waals surface area contributed by atoms with E-state index < -0.39 is 7.82 Å². The van der Waals surface area contributed by atoms with Gasteiger partial charge in [-0.25, -0.2) is 14.1 Å². The third kappa shape index (κ3) is 16.6. The Hall–Kier alpha value is -1.96. The zero-order valence-electron chi connectivity index (χ0n) is 20.2. The minimum absolute atomic E-state index is 0.817. The second-order valence-corrected chi connectivity index (χ2v) is 9.39. The van der Waals surface area contributed by atoms with E-state index in [1.54, 1.807) is 0 Å². The summed E-state index contributed by atoms with van der Waals surface area (Å²) in [6.45, 7) is 7.77. The Kier molecular flexibility index (Phi) is 15.5. The van der Waals surface area contributed by atoms with Crippen molar-refractivity contribution in [2.24, 2.45) is 0 Å². The fraction of sp³-hybridized carbons (Fsp3) is 0.500. The van der Waals surface area contributed by atoms with Crippen molar-refractivity contribution in [3.8, 4) is 0 Å². The Labute approximate surface area is 208 Å². The third-order valence-electron chi connectivity index (χ3n) is 4.89. The van der Waals surface area contributed by atoms with Crippen molar-refractivity contribution in [2.45, 2.75) is 78.4 Å². The maximum Gasteiger partial charge on any atom is 0.262 e. The van der Waals surface area contributed by atoms with Crippen LogP contribution < -0.4 is 9.46 Å². The lowest BCUT2D eigenvalue weighted by atomic mass is 10.1. The van der Waals surface area contributed by atoms with Crippen LogP contribution in [0.4, 0.5) is 0 Å². The van der Waals surface area contributed by atoms with Crippen molar-refractivity contribution in [2.75, 3.05) is 0 Å². The van der Waals surface area contributed by atoms with Gasteiger partial charge in [0.1, 0.15) is 12.4 Å². The van der Waals surface area contributed by atoms with E-state index in [1.807, 2.05) is 30.9 Å². The summed E-state index contributed by atoms with van der Waals surface area (Å²) in [5, 5.41) is 0.817. The average molecular weight is 513 g/mol. The Morgan fingerprint density at radius 2 is 1.62 bits per heavy atom. The van der Waals surface area contributed by atoms with E-state index in [0.29, 0.717) is 0 Å². The van der Waals surface area contributed by atoms with Gasteiger partial charge in [-0.2, -0.15) is 0 Å². The molecule has 3 aromatic rings. The highest BCUT2D eigenvalue weighted by atomic mass is 35.5. The lowest BCUT2D eigenvalue weighted by Crippen LogP contribution is -2.30. The number of imidazole rings is 2. The molecule has 0 radical (unpaired) electrons.